The zero-order valence-electron chi connectivity index (χ0n) is 12.8. The molecule has 0 aliphatic carbocycles. The van der Waals surface area contributed by atoms with Gasteiger partial charge in [-0.3, -0.25) is 10.1 Å². The largest absolute Gasteiger partial charge is 0.371 e. The maximum atomic E-state index is 11.1. The van der Waals surface area contributed by atoms with Crippen molar-refractivity contribution in [3.63, 3.8) is 0 Å². The van der Waals surface area contributed by atoms with Crippen LogP contribution in [0.2, 0.25) is 0 Å². The molecule has 114 valence electrons. The number of anilines is 1. The Kier molecular flexibility index (Phi) is 5.68. The quantitative estimate of drug-likeness (QED) is 0.615. The minimum atomic E-state index is -0.514. The fraction of sp³-hybridized carbons (Fsp3) is 0.533. The molecule has 0 fully saturated rings. The third-order valence-corrected chi connectivity index (χ3v) is 3.33. The van der Waals surface area contributed by atoms with E-state index < -0.39 is 4.92 Å². The Bertz CT molecular complexity index is 549. The van der Waals surface area contributed by atoms with Gasteiger partial charge in [-0.2, -0.15) is 5.26 Å². The van der Waals surface area contributed by atoms with Crippen LogP contribution >= 0.6 is 0 Å². The van der Waals surface area contributed by atoms with Crippen LogP contribution in [-0.4, -0.2) is 24.6 Å². The van der Waals surface area contributed by atoms with Crippen LogP contribution in [0.3, 0.4) is 0 Å². The van der Waals surface area contributed by atoms with Gasteiger partial charge in [-0.25, -0.2) is 0 Å². The normalized spacial score (nSPS) is 11.0. The zero-order chi connectivity index (χ0) is 16.0. The molecule has 1 aromatic carbocycles. The van der Waals surface area contributed by atoms with Crippen molar-refractivity contribution in [1.29, 1.82) is 5.26 Å². The zero-order valence-corrected chi connectivity index (χ0v) is 12.8. The highest BCUT2D eigenvalue weighted by molar-refractivity contribution is 5.60. The van der Waals surface area contributed by atoms with Gasteiger partial charge in [0.1, 0.15) is 11.6 Å². The summed E-state index contributed by atoms with van der Waals surface area (Å²) in [7, 11) is 0. The summed E-state index contributed by atoms with van der Waals surface area (Å²) in [4.78, 5) is 12.6. The van der Waals surface area contributed by atoms with E-state index in [0.717, 1.165) is 18.7 Å². The standard InChI is InChI=1S/C15H22N4O2/c1-4-7-18(11-15(2,3)10-17)13-6-5-12(9-16)14(8-13)19(20)21/h5-6,8H,4,7,10-11,17H2,1-3H3. The lowest BCUT2D eigenvalue weighted by molar-refractivity contribution is -0.385. The van der Waals surface area contributed by atoms with E-state index in [-0.39, 0.29) is 16.7 Å². The molecule has 0 saturated heterocycles. The van der Waals surface area contributed by atoms with Crippen LogP contribution in [0.4, 0.5) is 11.4 Å². The highest BCUT2D eigenvalue weighted by Crippen LogP contribution is 2.27. The molecule has 6 nitrogen and oxygen atoms in total. The number of nitro benzene ring substituents is 1. The summed E-state index contributed by atoms with van der Waals surface area (Å²) in [6.45, 7) is 8.21. The molecule has 6 heteroatoms. The molecule has 0 aromatic heterocycles. The van der Waals surface area contributed by atoms with Crippen LogP contribution in [0, 0.1) is 26.9 Å². The van der Waals surface area contributed by atoms with Gasteiger partial charge in [0.2, 0.25) is 0 Å². The summed E-state index contributed by atoms with van der Waals surface area (Å²) in [5.41, 5.74) is 6.37. The van der Waals surface area contributed by atoms with Crippen molar-refractivity contribution in [2.75, 3.05) is 24.5 Å². The topological polar surface area (TPSA) is 96.2 Å². The third-order valence-electron chi connectivity index (χ3n) is 3.33. The average Bonchev–Trinajstić information content (AvgIpc) is 2.46. The summed E-state index contributed by atoms with van der Waals surface area (Å²) in [6, 6.07) is 6.59. The monoisotopic (exact) mass is 290 g/mol. The molecule has 1 rings (SSSR count). The maximum Gasteiger partial charge on any atom is 0.289 e. The number of nitrogens with zero attached hydrogens (tertiary/aromatic N) is 3. The van der Waals surface area contributed by atoms with Gasteiger partial charge in [0, 0.05) is 24.8 Å². The Morgan fingerprint density at radius 3 is 2.62 bits per heavy atom. The summed E-state index contributed by atoms with van der Waals surface area (Å²) in [5, 5.41) is 20.0. The first kappa shape index (κ1) is 16.9. The molecular weight excluding hydrogens is 268 g/mol. The Balaban J connectivity index is 3.17. The Hall–Kier alpha value is -2.13. The molecule has 2 N–H and O–H groups in total. The van der Waals surface area contributed by atoms with E-state index >= 15 is 0 Å². The Morgan fingerprint density at radius 2 is 2.14 bits per heavy atom. The minimum Gasteiger partial charge on any atom is -0.371 e. The highest BCUT2D eigenvalue weighted by Gasteiger charge is 2.22. The molecular formula is C15H22N4O2. The smallest absolute Gasteiger partial charge is 0.289 e. The Morgan fingerprint density at radius 1 is 1.48 bits per heavy atom. The predicted molar refractivity (Wildman–Crippen MR) is 83.2 cm³/mol. The lowest BCUT2D eigenvalue weighted by atomic mass is 9.92. The molecule has 0 unspecified atom stereocenters. The number of nitro groups is 1. The first-order valence-corrected chi connectivity index (χ1v) is 6.98. The molecule has 0 amide bonds. The fourth-order valence-corrected chi connectivity index (χ4v) is 2.11. The summed E-state index contributed by atoms with van der Waals surface area (Å²) in [5.74, 6) is 0. The molecule has 0 bridgehead atoms. The lowest BCUT2D eigenvalue weighted by Gasteiger charge is -2.33. The van der Waals surface area contributed by atoms with Crippen LogP contribution in [0.15, 0.2) is 18.2 Å². The van der Waals surface area contributed by atoms with E-state index in [0.29, 0.717) is 13.1 Å². The van der Waals surface area contributed by atoms with Gasteiger partial charge >= 0.3 is 0 Å². The maximum absolute atomic E-state index is 11.1. The van der Waals surface area contributed by atoms with E-state index in [2.05, 4.69) is 25.7 Å². The second kappa shape index (κ2) is 7.04. The van der Waals surface area contributed by atoms with Crippen molar-refractivity contribution in [3.05, 3.63) is 33.9 Å². The van der Waals surface area contributed by atoms with Crippen molar-refractivity contribution in [2.24, 2.45) is 11.1 Å². The number of hydrogen-bond acceptors (Lipinski definition) is 5. The molecule has 1 aromatic rings. The van der Waals surface area contributed by atoms with Crippen molar-refractivity contribution in [1.82, 2.24) is 0 Å². The molecule has 0 heterocycles. The number of nitriles is 1. The second-order valence-electron chi connectivity index (χ2n) is 5.86. The molecule has 0 aliphatic heterocycles. The summed E-state index contributed by atoms with van der Waals surface area (Å²) < 4.78 is 0. The number of hydrogen-bond donors (Lipinski definition) is 1. The van der Waals surface area contributed by atoms with Crippen molar-refractivity contribution in [2.45, 2.75) is 27.2 Å². The van der Waals surface area contributed by atoms with Gasteiger partial charge in [-0.05, 0) is 30.5 Å². The van der Waals surface area contributed by atoms with Crippen molar-refractivity contribution < 1.29 is 4.92 Å². The van der Waals surface area contributed by atoms with E-state index in [1.165, 1.54) is 12.1 Å². The van der Waals surface area contributed by atoms with Gasteiger partial charge in [-0.15, -0.1) is 0 Å². The van der Waals surface area contributed by atoms with Crippen LogP contribution < -0.4 is 10.6 Å². The van der Waals surface area contributed by atoms with Gasteiger partial charge in [0.15, 0.2) is 0 Å². The Labute approximate surface area is 125 Å². The highest BCUT2D eigenvalue weighted by atomic mass is 16.6. The summed E-state index contributed by atoms with van der Waals surface area (Å²) in [6.07, 6.45) is 0.925. The van der Waals surface area contributed by atoms with Crippen LogP contribution in [0.25, 0.3) is 0 Å². The first-order chi connectivity index (χ1) is 9.84. The molecule has 0 atom stereocenters. The molecule has 0 radical (unpaired) electrons. The fourth-order valence-electron chi connectivity index (χ4n) is 2.11. The van der Waals surface area contributed by atoms with Crippen molar-refractivity contribution >= 4 is 11.4 Å². The molecule has 0 aliphatic rings. The minimum absolute atomic E-state index is 0.0817. The van der Waals surface area contributed by atoms with E-state index in [4.69, 9.17) is 11.0 Å². The van der Waals surface area contributed by atoms with Gasteiger partial charge < -0.3 is 10.6 Å². The van der Waals surface area contributed by atoms with Crippen LogP contribution in [-0.2, 0) is 0 Å². The van der Waals surface area contributed by atoms with Gasteiger partial charge in [-0.1, -0.05) is 20.8 Å². The van der Waals surface area contributed by atoms with Crippen LogP contribution in [0.5, 0.6) is 0 Å². The second-order valence-corrected chi connectivity index (χ2v) is 5.86. The van der Waals surface area contributed by atoms with E-state index in [1.807, 2.05) is 6.07 Å². The third kappa shape index (κ3) is 4.43. The van der Waals surface area contributed by atoms with Gasteiger partial charge in [0.25, 0.3) is 5.69 Å². The molecule has 0 spiro atoms. The number of benzene rings is 1. The van der Waals surface area contributed by atoms with E-state index in [9.17, 15) is 10.1 Å². The van der Waals surface area contributed by atoms with Crippen LogP contribution in [0.1, 0.15) is 32.8 Å². The van der Waals surface area contributed by atoms with E-state index in [1.54, 1.807) is 6.07 Å². The molecule has 21 heavy (non-hydrogen) atoms. The number of rotatable bonds is 7. The first-order valence-electron chi connectivity index (χ1n) is 6.98. The average molecular weight is 290 g/mol. The SMILES string of the molecule is CCCN(CC(C)(C)CN)c1ccc(C#N)c([N+](=O)[O-])c1. The predicted octanol–water partition coefficient (Wildman–Crippen LogP) is 2.67. The molecule has 0 saturated carbocycles. The van der Waals surface area contributed by atoms with Crippen molar-refractivity contribution in [3.8, 4) is 6.07 Å². The number of nitrogens with two attached hydrogens (primary N) is 1. The van der Waals surface area contributed by atoms with Gasteiger partial charge in [0.05, 0.1) is 4.92 Å². The summed E-state index contributed by atoms with van der Waals surface area (Å²) >= 11 is 0. The lowest BCUT2D eigenvalue weighted by Crippen LogP contribution is -2.39.